The summed E-state index contributed by atoms with van der Waals surface area (Å²) >= 11 is 0. The van der Waals surface area contributed by atoms with E-state index in [-0.39, 0.29) is 12.2 Å². The number of rotatable bonds is 2. The molecule has 0 atom stereocenters. The molecule has 88 valence electrons. The first-order valence-corrected chi connectivity index (χ1v) is 4.94. The molecule has 2 aromatic rings. The quantitative estimate of drug-likeness (QED) is 0.764. The third-order valence-corrected chi connectivity index (χ3v) is 2.53. The van der Waals surface area contributed by atoms with Crippen molar-refractivity contribution in [3.8, 4) is 0 Å². The minimum absolute atomic E-state index is 0.166. The van der Waals surface area contributed by atoms with E-state index in [1.165, 1.54) is 12.1 Å². The maximum absolute atomic E-state index is 11.4. The topological polar surface area (TPSA) is 87.7 Å². The number of carboxylic acids is 1. The van der Waals surface area contributed by atoms with Gasteiger partial charge in [0, 0.05) is 5.39 Å². The van der Waals surface area contributed by atoms with Crippen molar-refractivity contribution in [3.63, 3.8) is 0 Å². The zero-order valence-corrected chi connectivity index (χ0v) is 9.06. The molecular formula is C12H10O5. The molecule has 0 aliphatic heterocycles. The van der Waals surface area contributed by atoms with E-state index in [1.54, 1.807) is 13.0 Å². The highest BCUT2D eigenvalue weighted by Crippen LogP contribution is 2.20. The van der Waals surface area contributed by atoms with E-state index in [4.69, 9.17) is 14.6 Å². The molecule has 5 heteroatoms. The second-order valence-electron chi connectivity index (χ2n) is 3.74. The summed E-state index contributed by atoms with van der Waals surface area (Å²) < 4.78 is 4.93. The minimum atomic E-state index is -1.31. The minimum Gasteiger partial charge on any atom is -0.477 e. The van der Waals surface area contributed by atoms with Gasteiger partial charge in [-0.3, -0.25) is 0 Å². The Balaban J connectivity index is 2.83. The molecule has 0 aliphatic rings. The summed E-state index contributed by atoms with van der Waals surface area (Å²) in [5.41, 5.74) is 0.361. The molecule has 2 N–H and O–H groups in total. The molecule has 0 amide bonds. The van der Waals surface area contributed by atoms with Gasteiger partial charge >= 0.3 is 11.6 Å². The lowest BCUT2D eigenvalue weighted by Crippen LogP contribution is -2.13. The number of aliphatic hydroxyl groups excluding tert-OH is 1. The fourth-order valence-corrected chi connectivity index (χ4v) is 1.71. The molecule has 0 aliphatic carbocycles. The Labute approximate surface area is 95.9 Å². The Bertz CT molecular complexity index is 654. The summed E-state index contributed by atoms with van der Waals surface area (Å²) in [4.78, 5) is 22.2. The van der Waals surface area contributed by atoms with Gasteiger partial charge in [0.2, 0.25) is 0 Å². The number of benzene rings is 1. The van der Waals surface area contributed by atoms with Gasteiger partial charge in [-0.25, -0.2) is 9.59 Å². The lowest BCUT2D eigenvalue weighted by molar-refractivity contribution is 0.0692. The van der Waals surface area contributed by atoms with Crippen molar-refractivity contribution in [1.29, 1.82) is 0 Å². The predicted octanol–water partition coefficient (Wildman–Crippen LogP) is 1.29. The number of aryl methyl sites for hydroxylation is 1. The molecule has 0 fully saturated rings. The van der Waals surface area contributed by atoms with Crippen LogP contribution < -0.4 is 5.63 Å². The molecule has 2 rings (SSSR count). The summed E-state index contributed by atoms with van der Waals surface area (Å²) in [6.07, 6.45) is 0. The van der Waals surface area contributed by atoms with Crippen molar-refractivity contribution in [2.75, 3.05) is 0 Å². The fourth-order valence-electron chi connectivity index (χ4n) is 1.71. The van der Waals surface area contributed by atoms with Gasteiger partial charge in [-0.1, -0.05) is 6.07 Å². The van der Waals surface area contributed by atoms with Crippen LogP contribution in [-0.2, 0) is 6.61 Å². The average Bonchev–Trinajstić information content (AvgIpc) is 2.27. The maximum atomic E-state index is 11.4. The molecule has 17 heavy (non-hydrogen) atoms. The Hall–Kier alpha value is -2.14. The van der Waals surface area contributed by atoms with Gasteiger partial charge in [-0.15, -0.1) is 0 Å². The first-order chi connectivity index (χ1) is 8.02. The molecule has 5 nitrogen and oxygen atoms in total. The van der Waals surface area contributed by atoms with Gasteiger partial charge in [0.25, 0.3) is 0 Å². The van der Waals surface area contributed by atoms with Crippen LogP contribution in [0.4, 0.5) is 0 Å². The summed E-state index contributed by atoms with van der Waals surface area (Å²) in [5.74, 6) is -1.31. The smallest absolute Gasteiger partial charge is 0.351 e. The number of aromatic carboxylic acids is 1. The van der Waals surface area contributed by atoms with Crippen LogP contribution in [0.1, 0.15) is 21.5 Å². The lowest BCUT2D eigenvalue weighted by atomic mass is 10.1. The number of hydrogen-bond acceptors (Lipinski definition) is 4. The molecule has 0 bridgehead atoms. The van der Waals surface area contributed by atoms with E-state index in [0.717, 1.165) is 5.56 Å². The van der Waals surface area contributed by atoms with Gasteiger partial charge < -0.3 is 14.6 Å². The second kappa shape index (κ2) is 4.03. The Morgan fingerprint density at radius 1 is 1.35 bits per heavy atom. The molecule has 1 heterocycles. The van der Waals surface area contributed by atoms with E-state index < -0.39 is 17.2 Å². The number of carbonyl (C=O) groups is 1. The second-order valence-corrected chi connectivity index (χ2v) is 3.74. The zero-order chi connectivity index (χ0) is 12.6. The Morgan fingerprint density at radius 3 is 2.65 bits per heavy atom. The van der Waals surface area contributed by atoms with Gasteiger partial charge in [-0.05, 0) is 30.2 Å². The van der Waals surface area contributed by atoms with Crippen molar-refractivity contribution >= 4 is 16.9 Å². The maximum Gasteiger partial charge on any atom is 0.351 e. The van der Waals surface area contributed by atoms with Crippen molar-refractivity contribution < 1.29 is 19.4 Å². The van der Waals surface area contributed by atoms with Crippen molar-refractivity contribution in [2.24, 2.45) is 0 Å². The molecule has 0 saturated heterocycles. The van der Waals surface area contributed by atoms with Crippen molar-refractivity contribution in [3.05, 3.63) is 45.3 Å². The number of carboxylic acid groups (broad SMARTS) is 1. The highest BCUT2D eigenvalue weighted by molar-refractivity contribution is 5.92. The van der Waals surface area contributed by atoms with E-state index >= 15 is 0 Å². The SMILES string of the molecule is Cc1cc(CO)cc2oc(=O)c(C(=O)O)cc12. The monoisotopic (exact) mass is 234 g/mol. The van der Waals surface area contributed by atoms with Gasteiger partial charge in [0.1, 0.15) is 11.1 Å². The molecule has 0 spiro atoms. The third kappa shape index (κ3) is 1.92. The Morgan fingerprint density at radius 2 is 2.06 bits per heavy atom. The molecule has 0 radical (unpaired) electrons. The van der Waals surface area contributed by atoms with Crippen LogP contribution >= 0.6 is 0 Å². The summed E-state index contributed by atoms with van der Waals surface area (Å²) in [6.45, 7) is 1.59. The molecule has 0 unspecified atom stereocenters. The number of hydrogen-bond donors (Lipinski definition) is 2. The zero-order valence-electron chi connectivity index (χ0n) is 9.06. The van der Waals surface area contributed by atoms with Crippen LogP contribution in [0.15, 0.2) is 27.4 Å². The van der Waals surface area contributed by atoms with Crippen LogP contribution in [0.5, 0.6) is 0 Å². The highest BCUT2D eigenvalue weighted by Gasteiger charge is 2.13. The molecule has 1 aromatic heterocycles. The molecular weight excluding hydrogens is 224 g/mol. The van der Waals surface area contributed by atoms with E-state index in [1.807, 2.05) is 0 Å². The van der Waals surface area contributed by atoms with E-state index in [9.17, 15) is 9.59 Å². The van der Waals surface area contributed by atoms with Crippen molar-refractivity contribution in [2.45, 2.75) is 13.5 Å². The van der Waals surface area contributed by atoms with Crippen molar-refractivity contribution in [1.82, 2.24) is 0 Å². The van der Waals surface area contributed by atoms with Gasteiger partial charge in [0.15, 0.2) is 0 Å². The largest absolute Gasteiger partial charge is 0.477 e. The Kier molecular flexibility index (Phi) is 2.69. The number of aliphatic hydroxyl groups is 1. The first kappa shape index (κ1) is 11.3. The molecule has 0 saturated carbocycles. The third-order valence-electron chi connectivity index (χ3n) is 2.53. The predicted molar refractivity (Wildman–Crippen MR) is 60.1 cm³/mol. The van der Waals surface area contributed by atoms with Gasteiger partial charge in [-0.2, -0.15) is 0 Å². The van der Waals surface area contributed by atoms with E-state index in [2.05, 4.69) is 0 Å². The fraction of sp³-hybridized carbons (Fsp3) is 0.167. The van der Waals surface area contributed by atoms with Crippen LogP contribution in [0, 0.1) is 6.92 Å². The summed E-state index contributed by atoms with van der Waals surface area (Å²) in [7, 11) is 0. The van der Waals surface area contributed by atoms with Crippen LogP contribution in [-0.4, -0.2) is 16.2 Å². The van der Waals surface area contributed by atoms with Crippen LogP contribution in [0.2, 0.25) is 0 Å². The summed E-state index contributed by atoms with van der Waals surface area (Å²) in [5, 5.41) is 18.4. The normalized spacial score (nSPS) is 10.7. The van der Waals surface area contributed by atoms with Crippen LogP contribution in [0.3, 0.4) is 0 Å². The molecule has 1 aromatic carbocycles. The standard InChI is InChI=1S/C12H10O5/c1-6-2-7(5-13)3-10-8(6)4-9(11(14)15)12(16)17-10/h2-4,13H,5H2,1H3,(H,14,15). The van der Waals surface area contributed by atoms with Crippen LogP contribution in [0.25, 0.3) is 11.0 Å². The first-order valence-electron chi connectivity index (χ1n) is 4.94. The summed E-state index contributed by atoms with van der Waals surface area (Å²) in [6, 6.07) is 4.53. The van der Waals surface area contributed by atoms with E-state index in [0.29, 0.717) is 10.9 Å². The van der Waals surface area contributed by atoms with Gasteiger partial charge in [0.05, 0.1) is 6.61 Å². The number of fused-ring (bicyclic) bond motifs is 1. The highest BCUT2D eigenvalue weighted by atomic mass is 16.4. The average molecular weight is 234 g/mol. The lowest BCUT2D eigenvalue weighted by Gasteiger charge is -2.04.